The number of aliphatic hydroxyl groups excluding tert-OH is 1. The van der Waals surface area contributed by atoms with Crippen molar-refractivity contribution >= 4 is 16.9 Å². The van der Waals surface area contributed by atoms with E-state index in [2.05, 4.69) is 54.8 Å². The lowest BCUT2D eigenvalue weighted by Crippen LogP contribution is -2.43. The monoisotopic (exact) mass is 426 g/mol. The van der Waals surface area contributed by atoms with Gasteiger partial charge >= 0.3 is 0 Å². The molecule has 7 nitrogen and oxygen atoms in total. The van der Waals surface area contributed by atoms with E-state index in [-0.39, 0.29) is 11.6 Å². The summed E-state index contributed by atoms with van der Waals surface area (Å²) >= 11 is 0. The van der Waals surface area contributed by atoms with Crippen molar-refractivity contribution in [3.8, 4) is 17.1 Å². The van der Waals surface area contributed by atoms with E-state index in [9.17, 15) is 5.11 Å². The molecule has 4 aromatic rings. The van der Waals surface area contributed by atoms with Crippen LogP contribution in [0.3, 0.4) is 0 Å². The molecule has 2 aliphatic rings. The molecule has 4 heterocycles. The minimum atomic E-state index is -0.319. The predicted molar refractivity (Wildman–Crippen MR) is 125 cm³/mol. The first-order valence-corrected chi connectivity index (χ1v) is 11.2. The fourth-order valence-electron chi connectivity index (χ4n) is 4.94. The summed E-state index contributed by atoms with van der Waals surface area (Å²) in [7, 11) is 0. The highest BCUT2D eigenvalue weighted by Gasteiger charge is 2.34. The van der Waals surface area contributed by atoms with Crippen LogP contribution >= 0.6 is 0 Å². The Morgan fingerprint density at radius 1 is 1.03 bits per heavy atom. The largest absolute Gasteiger partial charge is 0.391 e. The molecule has 1 saturated carbocycles. The summed E-state index contributed by atoms with van der Waals surface area (Å²) in [4.78, 5) is 16.0. The topological polar surface area (TPSA) is 93.1 Å². The van der Waals surface area contributed by atoms with Crippen LogP contribution in [0.5, 0.6) is 0 Å². The third-order valence-electron chi connectivity index (χ3n) is 6.91. The van der Waals surface area contributed by atoms with Crippen molar-refractivity contribution in [3.05, 3.63) is 66.6 Å². The van der Waals surface area contributed by atoms with Crippen molar-refractivity contribution in [1.82, 2.24) is 19.5 Å². The van der Waals surface area contributed by atoms with Crippen LogP contribution in [0.2, 0.25) is 0 Å². The second-order valence-corrected chi connectivity index (χ2v) is 8.96. The van der Waals surface area contributed by atoms with Crippen molar-refractivity contribution in [2.75, 3.05) is 18.0 Å². The summed E-state index contributed by atoms with van der Waals surface area (Å²) in [5, 5.41) is 11.0. The van der Waals surface area contributed by atoms with Crippen LogP contribution in [-0.4, -0.2) is 43.8 Å². The number of hydrogen-bond donors (Lipinski definition) is 2. The number of pyridine rings is 1. The lowest BCUT2D eigenvalue weighted by molar-refractivity contribution is 0.198. The molecule has 0 radical (unpaired) electrons. The van der Waals surface area contributed by atoms with Gasteiger partial charge in [-0.15, -0.1) is 0 Å². The highest BCUT2D eigenvalue weighted by atomic mass is 16.3. The molecule has 0 bridgehead atoms. The van der Waals surface area contributed by atoms with Crippen molar-refractivity contribution < 1.29 is 5.11 Å². The first kappa shape index (κ1) is 19.4. The number of nitrogens with two attached hydrogens (primary N) is 1. The molecule has 1 unspecified atom stereocenters. The molecular formula is C25H26N6O. The van der Waals surface area contributed by atoms with Crippen molar-refractivity contribution in [2.45, 2.75) is 37.3 Å². The second-order valence-electron chi connectivity index (χ2n) is 8.96. The highest BCUT2D eigenvalue weighted by Crippen LogP contribution is 2.40. The minimum absolute atomic E-state index is 0.187. The van der Waals surface area contributed by atoms with Crippen LogP contribution < -0.4 is 10.6 Å². The fraction of sp³-hybridized carbons (Fsp3) is 0.320. The maximum atomic E-state index is 10.1. The van der Waals surface area contributed by atoms with E-state index in [0.29, 0.717) is 6.54 Å². The smallest absolute Gasteiger partial charge is 0.150 e. The maximum Gasteiger partial charge on any atom is 0.150 e. The zero-order valence-corrected chi connectivity index (χ0v) is 17.9. The molecule has 3 N–H and O–H groups in total. The first-order chi connectivity index (χ1) is 15.6. The van der Waals surface area contributed by atoms with E-state index in [1.165, 1.54) is 12.0 Å². The summed E-state index contributed by atoms with van der Waals surface area (Å²) in [6, 6.07) is 16.6. The van der Waals surface area contributed by atoms with E-state index in [4.69, 9.17) is 5.73 Å². The van der Waals surface area contributed by atoms with Crippen LogP contribution in [0.1, 0.15) is 31.2 Å². The number of β-amino-alcohol motifs (C(OH)–C–C–N with tert-alkyl or cyclic N) is 1. The van der Waals surface area contributed by atoms with Crippen molar-refractivity contribution in [1.29, 1.82) is 0 Å². The molecule has 0 amide bonds. The Bertz CT molecular complexity index is 1260. The second kappa shape index (κ2) is 7.39. The van der Waals surface area contributed by atoms with Gasteiger partial charge in [-0.1, -0.05) is 18.2 Å². The lowest BCUT2D eigenvalue weighted by atomic mass is 9.73. The number of rotatable bonds is 4. The Hall–Kier alpha value is -3.29. The van der Waals surface area contributed by atoms with Gasteiger partial charge in [0.2, 0.25) is 0 Å². The Balaban J connectivity index is 1.53. The van der Waals surface area contributed by atoms with Gasteiger partial charge in [0.25, 0.3) is 0 Å². The number of nitrogens with zero attached hydrogens (tertiary/aromatic N) is 5. The van der Waals surface area contributed by atoms with Crippen LogP contribution in [0.15, 0.2) is 61.1 Å². The van der Waals surface area contributed by atoms with E-state index in [1.807, 2.05) is 18.2 Å². The summed E-state index contributed by atoms with van der Waals surface area (Å²) in [5.41, 5.74) is 11.2. The summed E-state index contributed by atoms with van der Waals surface area (Å²) in [6.45, 7) is 1.37. The molecular weight excluding hydrogens is 400 g/mol. The van der Waals surface area contributed by atoms with E-state index < -0.39 is 0 Å². The molecule has 2 fully saturated rings. The molecule has 6 rings (SSSR count). The molecule has 1 atom stereocenters. The molecule has 32 heavy (non-hydrogen) atoms. The third kappa shape index (κ3) is 3.08. The zero-order valence-electron chi connectivity index (χ0n) is 17.9. The number of aromatic nitrogens is 4. The van der Waals surface area contributed by atoms with Crippen molar-refractivity contribution in [3.63, 3.8) is 0 Å². The molecule has 1 aliphatic heterocycles. The SMILES string of the molecule is NC1(c2ccc(-n3c(-c4ccccn4)cc4c(N5CCC(O)C5)ncnc43)cc2)CCC1. The van der Waals surface area contributed by atoms with Gasteiger partial charge in [-0.25, -0.2) is 9.97 Å². The number of fused-ring (bicyclic) bond motifs is 1. The Kier molecular flexibility index (Phi) is 4.48. The normalized spacial score (nSPS) is 19.9. The molecule has 3 aromatic heterocycles. The third-order valence-corrected chi connectivity index (χ3v) is 6.91. The van der Waals surface area contributed by atoms with Gasteiger partial charge in [0.15, 0.2) is 5.65 Å². The van der Waals surface area contributed by atoms with Crippen LogP contribution in [0.25, 0.3) is 28.1 Å². The molecule has 1 saturated heterocycles. The number of aliphatic hydroxyl groups is 1. The van der Waals surface area contributed by atoms with Gasteiger partial charge in [0.05, 0.1) is 22.9 Å². The van der Waals surface area contributed by atoms with E-state index in [1.54, 1.807) is 12.5 Å². The molecule has 162 valence electrons. The minimum Gasteiger partial charge on any atom is -0.391 e. The Morgan fingerprint density at radius 3 is 2.53 bits per heavy atom. The maximum absolute atomic E-state index is 10.1. The fourth-order valence-corrected chi connectivity index (χ4v) is 4.94. The van der Waals surface area contributed by atoms with Crippen LogP contribution in [0.4, 0.5) is 5.82 Å². The lowest BCUT2D eigenvalue weighted by Gasteiger charge is -2.38. The summed E-state index contributed by atoms with van der Waals surface area (Å²) in [5.74, 6) is 0.856. The molecule has 1 aliphatic carbocycles. The zero-order chi connectivity index (χ0) is 21.7. The summed E-state index contributed by atoms with van der Waals surface area (Å²) in [6.07, 6.45) is 7.11. The van der Waals surface area contributed by atoms with Gasteiger partial charge in [-0.3, -0.25) is 9.55 Å². The van der Waals surface area contributed by atoms with Gasteiger partial charge in [-0.2, -0.15) is 0 Å². The van der Waals surface area contributed by atoms with Gasteiger partial charge in [-0.05, 0) is 61.6 Å². The van der Waals surface area contributed by atoms with Crippen LogP contribution in [0, 0.1) is 0 Å². The number of anilines is 1. The number of benzene rings is 1. The van der Waals surface area contributed by atoms with E-state index in [0.717, 1.165) is 59.7 Å². The molecule has 1 aromatic carbocycles. The Morgan fingerprint density at radius 2 is 1.88 bits per heavy atom. The standard InChI is InChI=1S/C25H26N6O/c26-25(10-3-11-25)17-5-7-18(8-6-17)31-22(21-4-1-2-12-27-21)14-20-23(28-16-29-24(20)31)30-13-9-19(32)15-30/h1-2,4-8,12,14,16,19,32H,3,9-11,13,15,26H2. The molecule has 7 heteroatoms. The average molecular weight is 427 g/mol. The van der Waals surface area contributed by atoms with Crippen molar-refractivity contribution in [2.24, 2.45) is 5.73 Å². The van der Waals surface area contributed by atoms with Gasteiger partial charge in [0.1, 0.15) is 12.1 Å². The first-order valence-electron chi connectivity index (χ1n) is 11.2. The van der Waals surface area contributed by atoms with E-state index >= 15 is 0 Å². The quantitative estimate of drug-likeness (QED) is 0.520. The van der Waals surface area contributed by atoms with Gasteiger partial charge < -0.3 is 15.7 Å². The summed E-state index contributed by atoms with van der Waals surface area (Å²) < 4.78 is 2.14. The van der Waals surface area contributed by atoms with Gasteiger partial charge in [0, 0.05) is 30.5 Å². The number of hydrogen-bond acceptors (Lipinski definition) is 6. The highest BCUT2D eigenvalue weighted by molar-refractivity contribution is 5.94. The average Bonchev–Trinajstić information content (AvgIpc) is 3.42. The Labute approximate surface area is 186 Å². The predicted octanol–water partition coefficient (Wildman–Crippen LogP) is 3.39. The van der Waals surface area contributed by atoms with Crippen LogP contribution in [-0.2, 0) is 5.54 Å². The molecule has 0 spiro atoms.